The number of amides is 1. The van der Waals surface area contributed by atoms with E-state index in [4.69, 9.17) is 15.9 Å². The van der Waals surface area contributed by atoms with Crippen molar-refractivity contribution in [1.82, 2.24) is 5.32 Å². The van der Waals surface area contributed by atoms with Gasteiger partial charge < -0.3 is 21.3 Å². The minimum Gasteiger partial charge on any atom is -0.480 e. The number of carboxylic acid groups (broad SMARTS) is 1. The van der Waals surface area contributed by atoms with E-state index in [-0.39, 0.29) is 13.0 Å². The summed E-state index contributed by atoms with van der Waals surface area (Å²) < 4.78 is 0. The van der Waals surface area contributed by atoms with Crippen molar-refractivity contribution in [1.29, 1.82) is 0 Å². The molecule has 0 spiro atoms. The fourth-order valence-corrected chi connectivity index (χ4v) is 1.11. The first-order valence-electron chi connectivity index (χ1n) is 4.92. The Labute approximate surface area is 88.5 Å². The lowest BCUT2D eigenvalue weighted by Gasteiger charge is -2.16. The number of hydrogen-bond donors (Lipinski definition) is 4. The van der Waals surface area contributed by atoms with Gasteiger partial charge in [-0.15, -0.1) is 0 Å². The molecule has 5 N–H and O–H groups in total. The topological polar surface area (TPSA) is 113 Å². The fourth-order valence-electron chi connectivity index (χ4n) is 1.11. The van der Waals surface area contributed by atoms with Crippen LogP contribution >= 0.6 is 0 Å². The summed E-state index contributed by atoms with van der Waals surface area (Å²) in [5, 5.41) is 19.6. The lowest BCUT2D eigenvalue weighted by atomic mass is 10.1. The van der Waals surface area contributed by atoms with Crippen LogP contribution in [0.1, 0.15) is 26.2 Å². The smallest absolute Gasteiger partial charge is 0.326 e. The van der Waals surface area contributed by atoms with Crippen molar-refractivity contribution in [2.75, 3.05) is 6.61 Å². The van der Waals surface area contributed by atoms with E-state index in [0.717, 1.165) is 6.42 Å². The van der Waals surface area contributed by atoms with E-state index < -0.39 is 24.0 Å². The van der Waals surface area contributed by atoms with Gasteiger partial charge in [-0.25, -0.2) is 4.79 Å². The third kappa shape index (κ3) is 5.34. The molecule has 0 aromatic rings. The van der Waals surface area contributed by atoms with Crippen LogP contribution in [0.15, 0.2) is 0 Å². The second kappa shape index (κ2) is 7.19. The average molecular weight is 218 g/mol. The van der Waals surface area contributed by atoms with Gasteiger partial charge in [0.1, 0.15) is 6.04 Å². The first-order chi connectivity index (χ1) is 7.02. The Hall–Kier alpha value is -1.14. The number of carboxylic acids is 1. The first kappa shape index (κ1) is 13.9. The normalized spacial score (nSPS) is 14.3. The van der Waals surface area contributed by atoms with Crippen LogP contribution in [-0.4, -0.2) is 40.8 Å². The molecule has 0 aromatic heterocycles. The molecule has 0 aromatic carbocycles. The summed E-state index contributed by atoms with van der Waals surface area (Å²) in [4.78, 5) is 22.0. The number of nitrogens with one attached hydrogen (secondary N) is 1. The number of aliphatic hydroxyl groups is 1. The van der Waals surface area contributed by atoms with Crippen LogP contribution in [0.4, 0.5) is 0 Å². The molecule has 0 bridgehead atoms. The van der Waals surface area contributed by atoms with Crippen LogP contribution in [0.5, 0.6) is 0 Å². The Morgan fingerprint density at radius 1 is 1.40 bits per heavy atom. The molecule has 15 heavy (non-hydrogen) atoms. The zero-order valence-corrected chi connectivity index (χ0v) is 8.77. The summed E-state index contributed by atoms with van der Waals surface area (Å²) >= 11 is 0. The SMILES string of the molecule is CCCC(N)C(=O)N[C@H](CCO)C(=O)O. The van der Waals surface area contributed by atoms with E-state index in [9.17, 15) is 9.59 Å². The van der Waals surface area contributed by atoms with Gasteiger partial charge in [-0.2, -0.15) is 0 Å². The highest BCUT2D eigenvalue weighted by Crippen LogP contribution is 1.96. The fraction of sp³-hybridized carbons (Fsp3) is 0.778. The minimum absolute atomic E-state index is 0.0140. The standard InChI is InChI=1S/C9H18N2O4/c1-2-3-6(10)8(13)11-7(4-5-12)9(14)15/h6-7,12H,2-5,10H2,1H3,(H,11,13)(H,14,15)/t6?,7-/m1/s1. The number of carbonyl (C=O) groups is 2. The monoisotopic (exact) mass is 218 g/mol. The molecule has 0 rings (SSSR count). The van der Waals surface area contributed by atoms with Gasteiger partial charge in [-0.3, -0.25) is 4.79 Å². The average Bonchev–Trinajstić information content (AvgIpc) is 2.17. The van der Waals surface area contributed by atoms with E-state index in [1.54, 1.807) is 0 Å². The maximum absolute atomic E-state index is 11.3. The minimum atomic E-state index is -1.17. The van der Waals surface area contributed by atoms with Gasteiger partial charge in [0.15, 0.2) is 0 Å². The largest absolute Gasteiger partial charge is 0.480 e. The van der Waals surface area contributed by atoms with Crippen LogP contribution in [0.3, 0.4) is 0 Å². The molecule has 0 aliphatic carbocycles. The highest BCUT2D eigenvalue weighted by atomic mass is 16.4. The molecule has 0 aliphatic rings. The van der Waals surface area contributed by atoms with E-state index in [2.05, 4.69) is 5.32 Å². The van der Waals surface area contributed by atoms with Crippen molar-refractivity contribution < 1.29 is 19.8 Å². The Morgan fingerprint density at radius 2 is 2.00 bits per heavy atom. The van der Waals surface area contributed by atoms with Crippen LogP contribution < -0.4 is 11.1 Å². The number of aliphatic hydroxyl groups excluding tert-OH is 1. The van der Waals surface area contributed by atoms with E-state index >= 15 is 0 Å². The van der Waals surface area contributed by atoms with Gasteiger partial charge in [-0.05, 0) is 6.42 Å². The van der Waals surface area contributed by atoms with Crippen molar-refractivity contribution in [2.24, 2.45) is 5.73 Å². The molecule has 6 heteroatoms. The lowest BCUT2D eigenvalue weighted by Crippen LogP contribution is -2.48. The Bertz CT molecular complexity index is 220. The quantitative estimate of drug-likeness (QED) is 0.441. The maximum atomic E-state index is 11.3. The van der Waals surface area contributed by atoms with Gasteiger partial charge >= 0.3 is 5.97 Å². The predicted octanol–water partition coefficient (Wildman–Crippen LogP) is -0.934. The van der Waals surface area contributed by atoms with E-state index in [1.165, 1.54) is 0 Å². The zero-order valence-electron chi connectivity index (χ0n) is 8.77. The molecule has 88 valence electrons. The molecule has 6 nitrogen and oxygen atoms in total. The van der Waals surface area contributed by atoms with Crippen LogP contribution in [0, 0.1) is 0 Å². The van der Waals surface area contributed by atoms with Crippen LogP contribution in [0.2, 0.25) is 0 Å². The number of aliphatic carboxylic acids is 1. The molecular formula is C9H18N2O4. The predicted molar refractivity (Wildman–Crippen MR) is 54.2 cm³/mol. The molecule has 0 saturated carbocycles. The van der Waals surface area contributed by atoms with Crippen molar-refractivity contribution in [2.45, 2.75) is 38.3 Å². The van der Waals surface area contributed by atoms with Gasteiger partial charge in [-0.1, -0.05) is 13.3 Å². The summed E-state index contributed by atoms with van der Waals surface area (Å²) in [7, 11) is 0. The van der Waals surface area contributed by atoms with E-state index in [1.807, 2.05) is 6.92 Å². The molecular weight excluding hydrogens is 200 g/mol. The summed E-state index contributed by atoms with van der Waals surface area (Å²) in [5.74, 6) is -1.65. The van der Waals surface area contributed by atoms with Gasteiger partial charge in [0.05, 0.1) is 6.04 Å². The second-order valence-corrected chi connectivity index (χ2v) is 3.31. The number of hydrogen-bond acceptors (Lipinski definition) is 4. The Balaban J connectivity index is 4.15. The molecule has 1 unspecified atom stereocenters. The number of rotatable bonds is 7. The summed E-state index contributed by atoms with van der Waals surface area (Å²) in [6.45, 7) is 1.59. The zero-order chi connectivity index (χ0) is 11.8. The molecule has 0 radical (unpaired) electrons. The van der Waals surface area contributed by atoms with Crippen molar-refractivity contribution in [3.63, 3.8) is 0 Å². The van der Waals surface area contributed by atoms with Crippen LogP contribution in [-0.2, 0) is 9.59 Å². The second-order valence-electron chi connectivity index (χ2n) is 3.31. The van der Waals surface area contributed by atoms with Crippen molar-refractivity contribution in [3.8, 4) is 0 Å². The number of carbonyl (C=O) groups excluding carboxylic acids is 1. The third-order valence-electron chi connectivity index (χ3n) is 1.97. The van der Waals surface area contributed by atoms with Gasteiger partial charge in [0.2, 0.25) is 5.91 Å². The Kier molecular flexibility index (Phi) is 6.64. The molecule has 0 saturated heterocycles. The van der Waals surface area contributed by atoms with E-state index in [0.29, 0.717) is 6.42 Å². The Morgan fingerprint density at radius 3 is 2.40 bits per heavy atom. The third-order valence-corrected chi connectivity index (χ3v) is 1.97. The highest BCUT2D eigenvalue weighted by Gasteiger charge is 2.21. The summed E-state index contributed by atoms with van der Waals surface area (Å²) in [5.41, 5.74) is 5.50. The molecule has 2 atom stereocenters. The highest BCUT2D eigenvalue weighted by molar-refractivity contribution is 5.86. The van der Waals surface area contributed by atoms with Gasteiger partial charge in [0.25, 0.3) is 0 Å². The maximum Gasteiger partial charge on any atom is 0.326 e. The van der Waals surface area contributed by atoms with Gasteiger partial charge in [0, 0.05) is 13.0 Å². The molecule has 0 fully saturated rings. The molecule has 1 amide bonds. The van der Waals surface area contributed by atoms with Crippen molar-refractivity contribution in [3.05, 3.63) is 0 Å². The summed E-state index contributed by atoms with van der Waals surface area (Å²) in [6.07, 6.45) is 1.25. The molecule has 0 heterocycles. The van der Waals surface area contributed by atoms with Crippen molar-refractivity contribution >= 4 is 11.9 Å². The number of nitrogens with two attached hydrogens (primary N) is 1. The summed E-state index contributed by atoms with van der Waals surface area (Å²) in [6, 6.07) is -1.75. The first-order valence-corrected chi connectivity index (χ1v) is 4.92. The lowest BCUT2D eigenvalue weighted by molar-refractivity contribution is -0.142. The molecule has 0 aliphatic heterocycles. The van der Waals surface area contributed by atoms with Crippen LogP contribution in [0.25, 0.3) is 0 Å².